The molecule has 7 heteroatoms. The van der Waals surface area contributed by atoms with E-state index in [2.05, 4.69) is 33.7 Å². The van der Waals surface area contributed by atoms with E-state index < -0.39 is 0 Å². The highest BCUT2D eigenvalue weighted by molar-refractivity contribution is 6.23. The molecule has 2 aromatic carbocycles. The second kappa shape index (κ2) is 9.85. The third-order valence-corrected chi connectivity index (χ3v) is 6.92. The van der Waals surface area contributed by atoms with Gasteiger partial charge in [-0.15, -0.1) is 5.10 Å². The van der Waals surface area contributed by atoms with Gasteiger partial charge in [0, 0.05) is 29.4 Å². The summed E-state index contributed by atoms with van der Waals surface area (Å²) in [6.07, 6.45) is 8.80. The Morgan fingerprint density at radius 2 is 1.78 bits per heavy atom. The lowest BCUT2D eigenvalue weighted by atomic mass is 9.88. The van der Waals surface area contributed by atoms with Gasteiger partial charge in [-0.2, -0.15) is 14.9 Å². The van der Waals surface area contributed by atoms with E-state index in [4.69, 9.17) is 9.84 Å². The summed E-state index contributed by atoms with van der Waals surface area (Å²) in [5, 5.41) is 16.6. The number of ether oxygens (including phenoxy) is 1. The Kier molecular flexibility index (Phi) is 6.10. The number of benzene rings is 2. The number of nitrogens with one attached hydrogen (secondary N) is 1. The number of hydrogen-bond acceptors (Lipinski definition) is 6. The van der Waals surface area contributed by atoms with Crippen molar-refractivity contribution >= 4 is 22.9 Å². The fourth-order valence-electron chi connectivity index (χ4n) is 5.16. The van der Waals surface area contributed by atoms with Crippen LogP contribution in [0.3, 0.4) is 0 Å². The average Bonchev–Trinajstić information content (AvgIpc) is 3.35. The molecular formula is C30H27N5O2. The molecule has 6 rings (SSSR count). The van der Waals surface area contributed by atoms with Gasteiger partial charge in [-0.25, -0.2) is 0 Å². The lowest BCUT2D eigenvalue weighted by Crippen LogP contribution is -2.27. The Morgan fingerprint density at radius 3 is 2.49 bits per heavy atom. The quantitative estimate of drug-likeness (QED) is 0.356. The van der Waals surface area contributed by atoms with Crippen LogP contribution < -0.4 is 10.1 Å². The Balaban J connectivity index is 1.53. The fourth-order valence-corrected chi connectivity index (χ4v) is 5.16. The molecule has 2 aliphatic rings. The molecule has 0 saturated carbocycles. The van der Waals surface area contributed by atoms with E-state index in [1.807, 2.05) is 54.6 Å². The van der Waals surface area contributed by atoms with Crippen molar-refractivity contribution in [2.75, 3.05) is 12.4 Å². The molecule has 0 radical (unpaired) electrons. The summed E-state index contributed by atoms with van der Waals surface area (Å²) in [6, 6.07) is 21.3. The van der Waals surface area contributed by atoms with Gasteiger partial charge in [-0.05, 0) is 61.1 Å². The zero-order valence-electron chi connectivity index (χ0n) is 20.6. The zero-order chi connectivity index (χ0) is 25.2. The summed E-state index contributed by atoms with van der Waals surface area (Å²) in [6.45, 7) is 0. The zero-order valence-corrected chi connectivity index (χ0v) is 20.6. The van der Waals surface area contributed by atoms with E-state index in [0.29, 0.717) is 17.8 Å². The molecule has 37 heavy (non-hydrogen) atoms. The molecule has 1 N–H and O–H groups in total. The maximum atomic E-state index is 14.2. The van der Waals surface area contributed by atoms with Gasteiger partial charge >= 0.3 is 0 Å². The molecule has 2 aromatic heterocycles. The van der Waals surface area contributed by atoms with E-state index >= 15 is 0 Å². The molecule has 0 atom stereocenters. The Bertz CT molecular complexity index is 1500. The normalized spacial score (nSPS) is 15.3. The number of anilines is 1. The van der Waals surface area contributed by atoms with Gasteiger partial charge in [0.15, 0.2) is 5.82 Å². The van der Waals surface area contributed by atoms with Crippen LogP contribution in [0, 0.1) is 0 Å². The third-order valence-electron chi connectivity index (χ3n) is 6.92. The van der Waals surface area contributed by atoms with Gasteiger partial charge in [0.1, 0.15) is 11.4 Å². The molecule has 7 nitrogen and oxygen atoms in total. The first kappa shape index (κ1) is 22.9. The van der Waals surface area contributed by atoms with Crippen LogP contribution in [-0.4, -0.2) is 33.0 Å². The van der Waals surface area contributed by atoms with Crippen LogP contribution >= 0.6 is 0 Å². The summed E-state index contributed by atoms with van der Waals surface area (Å²) < 4.78 is 6.94. The Hall–Kier alpha value is -4.52. The van der Waals surface area contributed by atoms with Crippen molar-refractivity contribution in [2.24, 2.45) is 0 Å². The largest absolute Gasteiger partial charge is 0.497 e. The lowest BCUT2D eigenvalue weighted by molar-refractivity contribution is 0.0958. The summed E-state index contributed by atoms with van der Waals surface area (Å²) in [7, 11) is 1.63. The van der Waals surface area contributed by atoms with Gasteiger partial charge in [0.25, 0.3) is 5.91 Å². The van der Waals surface area contributed by atoms with Crippen molar-refractivity contribution in [3.63, 3.8) is 0 Å². The van der Waals surface area contributed by atoms with E-state index in [1.165, 1.54) is 12.0 Å². The smallest absolute Gasteiger partial charge is 0.280 e. The van der Waals surface area contributed by atoms with Gasteiger partial charge < -0.3 is 10.1 Å². The van der Waals surface area contributed by atoms with E-state index in [1.54, 1.807) is 18.0 Å². The van der Waals surface area contributed by atoms with Crippen LogP contribution in [0.2, 0.25) is 0 Å². The predicted molar refractivity (Wildman–Crippen MR) is 144 cm³/mol. The van der Waals surface area contributed by atoms with E-state index in [9.17, 15) is 4.79 Å². The number of aromatic nitrogens is 4. The molecule has 0 bridgehead atoms. The van der Waals surface area contributed by atoms with Crippen molar-refractivity contribution in [1.29, 1.82) is 0 Å². The van der Waals surface area contributed by atoms with Crippen molar-refractivity contribution in [3.05, 3.63) is 102 Å². The number of carbonyl (C=O) groups excluding carboxylic acids is 1. The van der Waals surface area contributed by atoms with Gasteiger partial charge in [-0.1, -0.05) is 48.5 Å². The van der Waals surface area contributed by atoms with Crippen LogP contribution in [0.15, 0.2) is 84.7 Å². The third kappa shape index (κ3) is 4.33. The van der Waals surface area contributed by atoms with Crippen molar-refractivity contribution in [2.45, 2.75) is 32.1 Å². The monoisotopic (exact) mass is 489 g/mol. The number of hydrogen-bond donors (Lipinski definition) is 1. The summed E-state index contributed by atoms with van der Waals surface area (Å²) in [5.74, 6) is 1.15. The minimum Gasteiger partial charge on any atom is -0.497 e. The van der Waals surface area contributed by atoms with Crippen LogP contribution in [0.1, 0.15) is 47.3 Å². The van der Waals surface area contributed by atoms with Crippen LogP contribution in [0.4, 0.5) is 5.82 Å². The lowest BCUT2D eigenvalue weighted by Gasteiger charge is -2.23. The first-order valence-electron chi connectivity index (χ1n) is 12.6. The standard InChI is InChI=1S/C30H27N5O2/c1-37-23-16-14-21(15-17-23)27-24(32-26-13-8-18-31-33-26)19-25-28(20-9-4-2-5-10-20)29(34-35(25)30(27)36)22-11-6-3-7-12-22/h3,6-9,11-18H,2,4-5,10,19H2,1H3,(H,32,33). The van der Waals surface area contributed by atoms with Crippen molar-refractivity contribution < 1.29 is 9.53 Å². The number of carbonyl (C=O) groups is 1. The number of nitrogens with zero attached hydrogens (tertiary/aromatic N) is 4. The molecule has 0 saturated heterocycles. The maximum Gasteiger partial charge on any atom is 0.280 e. The number of allylic oxidation sites excluding steroid dienone is 4. The predicted octanol–water partition coefficient (Wildman–Crippen LogP) is 6.03. The maximum absolute atomic E-state index is 14.2. The SMILES string of the molecule is COc1ccc(C2=C(Nc3cccnn3)Cc3c(C4=CCCCC4)c(-c4ccccc4)nn3C2=O)cc1. The molecule has 184 valence electrons. The first-order valence-corrected chi connectivity index (χ1v) is 12.6. The Morgan fingerprint density at radius 1 is 0.946 bits per heavy atom. The number of fused-ring (bicyclic) bond motifs is 1. The molecular weight excluding hydrogens is 462 g/mol. The molecule has 3 heterocycles. The van der Waals surface area contributed by atoms with Crippen LogP contribution in [0.25, 0.3) is 22.4 Å². The summed E-state index contributed by atoms with van der Waals surface area (Å²) in [4.78, 5) is 14.2. The highest BCUT2D eigenvalue weighted by Crippen LogP contribution is 2.40. The van der Waals surface area contributed by atoms with Gasteiger partial charge in [-0.3, -0.25) is 4.79 Å². The van der Waals surface area contributed by atoms with Crippen molar-refractivity contribution in [1.82, 2.24) is 20.0 Å². The number of methoxy groups -OCH3 is 1. The molecule has 1 aliphatic heterocycles. The molecule has 4 aromatic rings. The molecule has 0 amide bonds. The first-order chi connectivity index (χ1) is 18.2. The second-order valence-corrected chi connectivity index (χ2v) is 9.22. The molecule has 0 fully saturated rings. The highest BCUT2D eigenvalue weighted by Gasteiger charge is 2.33. The van der Waals surface area contributed by atoms with Crippen molar-refractivity contribution in [3.8, 4) is 17.0 Å². The fraction of sp³-hybridized carbons (Fsp3) is 0.200. The van der Waals surface area contributed by atoms with Crippen LogP contribution in [0.5, 0.6) is 5.75 Å². The summed E-state index contributed by atoms with van der Waals surface area (Å²) in [5.41, 5.74) is 7.24. The second-order valence-electron chi connectivity index (χ2n) is 9.22. The topological polar surface area (TPSA) is 81.9 Å². The molecule has 1 aliphatic carbocycles. The summed E-state index contributed by atoms with van der Waals surface area (Å²) >= 11 is 0. The molecule has 0 spiro atoms. The highest BCUT2D eigenvalue weighted by atomic mass is 16.5. The van der Waals surface area contributed by atoms with Gasteiger partial charge in [0.05, 0.1) is 18.4 Å². The number of rotatable bonds is 6. The van der Waals surface area contributed by atoms with Crippen LogP contribution in [-0.2, 0) is 6.42 Å². The Labute approximate surface area is 215 Å². The minimum atomic E-state index is -0.169. The van der Waals surface area contributed by atoms with Gasteiger partial charge in [0.2, 0.25) is 0 Å². The minimum absolute atomic E-state index is 0.169. The van der Waals surface area contributed by atoms with E-state index in [-0.39, 0.29) is 5.91 Å². The average molecular weight is 490 g/mol. The molecule has 0 unspecified atom stereocenters. The van der Waals surface area contributed by atoms with E-state index in [0.717, 1.165) is 58.8 Å².